The quantitative estimate of drug-likeness (QED) is 0.470. The summed E-state index contributed by atoms with van der Waals surface area (Å²) >= 11 is 0. The minimum Gasteiger partial charge on any atom is -0.497 e. The second-order valence-electron chi connectivity index (χ2n) is 8.59. The van der Waals surface area contributed by atoms with Crippen LogP contribution in [0.15, 0.2) is 48.5 Å². The maximum atomic E-state index is 13.2. The summed E-state index contributed by atoms with van der Waals surface area (Å²) in [6.07, 6.45) is 2.94. The van der Waals surface area contributed by atoms with Crippen LogP contribution >= 0.6 is 0 Å². The van der Waals surface area contributed by atoms with Gasteiger partial charge in [-0.25, -0.2) is 0 Å². The molecule has 0 aliphatic rings. The third-order valence-corrected chi connectivity index (χ3v) is 5.76. The first-order valence-corrected chi connectivity index (χ1v) is 11.6. The zero-order valence-corrected chi connectivity index (χ0v) is 20.2. The predicted octanol–water partition coefficient (Wildman–Crippen LogP) is 5.08. The highest BCUT2D eigenvalue weighted by Gasteiger charge is 2.25. The smallest absolute Gasteiger partial charge is 0.242 e. The Morgan fingerprint density at radius 2 is 1.75 bits per heavy atom. The van der Waals surface area contributed by atoms with Crippen molar-refractivity contribution in [3.63, 3.8) is 0 Å². The topological polar surface area (TPSA) is 58.6 Å². The molecule has 0 aromatic heterocycles. The van der Waals surface area contributed by atoms with Gasteiger partial charge in [0.1, 0.15) is 11.8 Å². The number of nitrogens with one attached hydrogen (secondary N) is 1. The predicted molar refractivity (Wildman–Crippen MR) is 130 cm³/mol. The van der Waals surface area contributed by atoms with Crippen LogP contribution in [0.1, 0.15) is 69.6 Å². The van der Waals surface area contributed by atoms with Gasteiger partial charge in [-0.05, 0) is 54.5 Å². The van der Waals surface area contributed by atoms with Crippen molar-refractivity contribution < 1.29 is 14.3 Å². The van der Waals surface area contributed by atoms with E-state index in [1.165, 1.54) is 5.56 Å². The molecule has 2 amide bonds. The summed E-state index contributed by atoms with van der Waals surface area (Å²) in [7, 11) is 1.62. The molecule has 2 aromatic rings. The molecule has 32 heavy (non-hydrogen) atoms. The highest BCUT2D eigenvalue weighted by molar-refractivity contribution is 5.87. The fraction of sp³-hybridized carbons (Fsp3) is 0.481. The first-order valence-electron chi connectivity index (χ1n) is 11.6. The first kappa shape index (κ1) is 25.4. The fourth-order valence-corrected chi connectivity index (χ4v) is 3.55. The van der Waals surface area contributed by atoms with Gasteiger partial charge >= 0.3 is 0 Å². The van der Waals surface area contributed by atoms with E-state index in [0.717, 1.165) is 29.7 Å². The molecule has 0 fully saturated rings. The van der Waals surface area contributed by atoms with Gasteiger partial charge in [0.2, 0.25) is 11.8 Å². The van der Waals surface area contributed by atoms with Crippen molar-refractivity contribution in [2.45, 2.75) is 71.9 Å². The van der Waals surface area contributed by atoms with E-state index in [9.17, 15) is 9.59 Å². The summed E-state index contributed by atoms with van der Waals surface area (Å²) in [4.78, 5) is 27.6. The number of benzene rings is 2. The number of rotatable bonds is 12. The Kier molecular flexibility index (Phi) is 10.3. The Morgan fingerprint density at radius 3 is 2.38 bits per heavy atom. The monoisotopic (exact) mass is 438 g/mol. The molecule has 0 unspecified atom stereocenters. The zero-order valence-electron chi connectivity index (χ0n) is 20.2. The molecule has 0 aliphatic heterocycles. The van der Waals surface area contributed by atoms with Gasteiger partial charge in [-0.15, -0.1) is 0 Å². The normalized spacial score (nSPS) is 11.8. The molecule has 0 saturated carbocycles. The second kappa shape index (κ2) is 12.9. The largest absolute Gasteiger partial charge is 0.497 e. The van der Waals surface area contributed by atoms with Gasteiger partial charge in [-0.2, -0.15) is 0 Å². The number of aryl methyl sites for hydroxylation is 1. The van der Waals surface area contributed by atoms with Gasteiger partial charge in [0.05, 0.1) is 7.11 Å². The van der Waals surface area contributed by atoms with E-state index in [2.05, 4.69) is 50.4 Å². The van der Waals surface area contributed by atoms with Gasteiger partial charge in [0.25, 0.3) is 0 Å². The van der Waals surface area contributed by atoms with E-state index < -0.39 is 6.04 Å². The third kappa shape index (κ3) is 7.70. The summed E-state index contributed by atoms with van der Waals surface area (Å²) in [5, 5.41) is 2.96. The Labute approximate surface area is 193 Å². The average molecular weight is 439 g/mol. The molecule has 0 saturated heterocycles. The second-order valence-corrected chi connectivity index (χ2v) is 8.59. The molecule has 1 N–H and O–H groups in total. The molecule has 0 heterocycles. The maximum absolute atomic E-state index is 13.2. The molecule has 0 spiro atoms. The first-order chi connectivity index (χ1) is 15.3. The van der Waals surface area contributed by atoms with Crippen LogP contribution in [0.25, 0.3) is 0 Å². The van der Waals surface area contributed by atoms with E-state index in [0.29, 0.717) is 31.8 Å². The third-order valence-electron chi connectivity index (χ3n) is 5.76. The molecular weight excluding hydrogens is 400 g/mol. The van der Waals surface area contributed by atoms with Crippen LogP contribution in [0.5, 0.6) is 5.75 Å². The Hall–Kier alpha value is -2.82. The minimum atomic E-state index is -0.547. The van der Waals surface area contributed by atoms with E-state index in [4.69, 9.17) is 4.74 Å². The lowest BCUT2D eigenvalue weighted by Gasteiger charge is -2.29. The summed E-state index contributed by atoms with van der Waals surface area (Å²) < 4.78 is 5.32. The van der Waals surface area contributed by atoms with E-state index in [1.54, 1.807) is 18.9 Å². The summed E-state index contributed by atoms with van der Waals surface area (Å²) in [6.45, 7) is 9.22. The zero-order chi connectivity index (χ0) is 23.5. The highest BCUT2D eigenvalue weighted by atomic mass is 16.5. The summed E-state index contributed by atoms with van der Waals surface area (Å²) in [6, 6.07) is 15.5. The molecule has 2 rings (SSSR count). The number of ether oxygens (including phenoxy) is 1. The van der Waals surface area contributed by atoms with E-state index >= 15 is 0 Å². The van der Waals surface area contributed by atoms with Crippen molar-refractivity contribution in [3.8, 4) is 5.75 Å². The Bertz CT molecular complexity index is 861. The number of carbonyl (C=O) groups excluding carboxylic acids is 2. The molecule has 174 valence electrons. The SMILES string of the molecule is CCCCNC(=O)[C@H](C)N(Cc1cccc(OC)c1)C(=O)CCc1ccc(C(C)C)cc1. The Balaban J connectivity index is 2.12. The summed E-state index contributed by atoms with van der Waals surface area (Å²) in [5.74, 6) is 1.08. The van der Waals surface area contributed by atoms with Crippen molar-refractivity contribution >= 4 is 11.8 Å². The number of hydrogen-bond donors (Lipinski definition) is 1. The number of methoxy groups -OCH3 is 1. The lowest BCUT2D eigenvalue weighted by atomic mass is 10.00. The molecule has 1 atom stereocenters. The highest BCUT2D eigenvalue weighted by Crippen LogP contribution is 2.19. The number of unbranched alkanes of at least 4 members (excludes halogenated alkanes) is 1. The molecule has 0 bridgehead atoms. The van der Waals surface area contributed by atoms with Crippen molar-refractivity contribution in [1.29, 1.82) is 0 Å². The van der Waals surface area contributed by atoms with E-state index in [1.807, 2.05) is 24.3 Å². The number of amides is 2. The number of carbonyl (C=O) groups is 2. The van der Waals surface area contributed by atoms with Crippen LogP contribution in [0.2, 0.25) is 0 Å². The van der Waals surface area contributed by atoms with Crippen LogP contribution in [0.4, 0.5) is 0 Å². The lowest BCUT2D eigenvalue weighted by molar-refractivity contribution is -0.140. The Morgan fingerprint density at radius 1 is 1.03 bits per heavy atom. The van der Waals surface area contributed by atoms with Crippen molar-refractivity contribution in [3.05, 3.63) is 65.2 Å². The van der Waals surface area contributed by atoms with Gasteiger partial charge in [-0.1, -0.05) is 63.6 Å². The van der Waals surface area contributed by atoms with Crippen molar-refractivity contribution in [1.82, 2.24) is 10.2 Å². The van der Waals surface area contributed by atoms with Gasteiger partial charge in [-0.3, -0.25) is 9.59 Å². The van der Waals surface area contributed by atoms with Crippen LogP contribution in [0, 0.1) is 0 Å². The molecule has 2 aromatic carbocycles. The molecule has 0 radical (unpaired) electrons. The minimum absolute atomic E-state index is 0.0288. The summed E-state index contributed by atoms with van der Waals surface area (Å²) in [5.41, 5.74) is 3.36. The molecule has 0 aliphatic carbocycles. The number of nitrogens with zero attached hydrogens (tertiary/aromatic N) is 1. The lowest BCUT2D eigenvalue weighted by Crippen LogP contribution is -2.47. The van der Waals surface area contributed by atoms with Gasteiger partial charge in [0.15, 0.2) is 0 Å². The van der Waals surface area contributed by atoms with Crippen LogP contribution < -0.4 is 10.1 Å². The fourth-order valence-electron chi connectivity index (χ4n) is 3.55. The van der Waals surface area contributed by atoms with Crippen molar-refractivity contribution in [2.75, 3.05) is 13.7 Å². The van der Waals surface area contributed by atoms with Crippen molar-refractivity contribution in [2.24, 2.45) is 0 Å². The van der Waals surface area contributed by atoms with Crippen LogP contribution in [-0.4, -0.2) is 36.4 Å². The molecule has 5 nitrogen and oxygen atoms in total. The average Bonchev–Trinajstić information content (AvgIpc) is 2.81. The standard InChI is InChI=1S/C27H38N2O3/c1-6-7-17-28-27(31)21(4)29(19-23-9-8-10-25(18-23)32-5)26(30)16-13-22-11-14-24(15-12-22)20(2)3/h8-12,14-15,18,20-21H,6-7,13,16-17,19H2,1-5H3,(H,28,31)/t21-/m0/s1. The molecular formula is C27H38N2O3. The number of hydrogen-bond acceptors (Lipinski definition) is 3. The van der Waals surface area contributed by atoms with Gasteiger partial charge < -0.3 is 15.0 Å². The molecule has 5 heteroatoms. The maximum Gasteiger partial charge on any atom is 0.242 e. The van der Waals surface area contributed by atoms with Gasteiger partial charge in [0, 0.05) is 19.5 Å². The van der Waals surface area contributed by atoms with Crippen LogP contribution in [-0.2, 0) is 22.6 Å². The van der Waals surface area contributed by atoms with E-state index in [-0.39, 0.29) is 11.8 Å². The van der Waals surface area contributed by atoms with Crippen LogP contribution in [0.3, 0.4) is 0 Å².